The molecule has 6 rings (SSSR count). The number of ether oxygens (including phenoxy) is 1. The summed E-state index contributed by atoms with van der Waals surface area (Å²) in [5.74, 6) is 4.84. The lowest BCUT2D eigenvalue weighted by atomic mass is 9.75. The number of rotatable bonds is 19. The Hall–Kier alpha value is -2.86. The van der Waals surface area contributed by atoms with Gasteiger partial charge in [-0.15, -0.1) is 0 Å². The van der Waals surface area contributed by atoms with Gasteiger partial charge in [-0.3, -0.25) is 0 Å². The van der Waals surface area contributed by atoms with E-state index in [1.54, 1.807) is 13.0 Å². The first kappa shape index (κ1) is 39.8. The number of aromatic amines is 1. The maximum absolute atomic E-state index is 11.2. The maximum atomic E-state index is 11.2. The van der Waals surface area contributed by atoms with E-state index in [1.165, 1.54) is 36.9 Å². The van der Waals surface area contributed by atoms with Crippen LogP contribution in [0.15, 0.2) is 34.7 Å². The zero-order valence-corrected chi connectivity index (χ0v) is 31.8. The van der Waals surface area contributed by atoms with E-state index in [0.717, 1.165) is 98.6 Å². The van der Waals surface area contributed by atoms with E-state index in [1.807, 2.05) is 18.2 Å². The van der Waals surface area contributed by atoms with Crippen LogP contribution in [0, 0.1) is 23.7 Å². The molecule has 0 amide bonds. The smallest absolute Gasteiger partial charge is 0.161 e. The number of furan rings is 1. The molecule has 2 heterocycles. The van der Waals surface area contributed by atoms with Gasteiger partial charge in [0.2, 0.25) is 0 Å². The first-order valence-corrected chi connectivity index (χ1v) is 20.5. The number of unbranched alkanes of at least 4 members (excludes halogenated alkanes) is 1. The predicted molar refractivity (Wildman–Crippen MR) is 206 cm³/mol. The third-order valence-electron chi connectivity index (χ3n) is 12.6. The summed E-state index contributed by atoms with van der Waals surface area (Å²) >= 11 is 0. The number of nitrogens with one attached hydrogen (secondary N) is 2. The second-order valence-corrected chi connectivity index (χ2v) is 16.5. The fourth-order valence-electron chi connectivity index (χ4n) is 9.69. The van der Waals surface area contributed by atoms with Crippen LogP contribution in [-0.2, 0) is 32.3 Å². The average Bonchev–Trinajstić information content (AvgIpc) is 3.88. The first-order chi connectivity index (χ1) is 25.7. The number of benzene rings is 1. The summed E-state index contributed by atoms with van der Waals surface area (Å²) in [7, 11) is 0. The molecule has 0 aliphatic heterocycles. The molecule has 0 saturated heterocycles. The summed E-state index contributed by atoms with van der Waals surface area (Å²) in [5.41, 5.74) is 11.4. The lowest BCUT2D eigenvalue weighted by molar-refractivity contribution is 0.103. The number of aliphatic hydroxyl groups is 4. The van der Waals surface area contributed by atoms with Gasteiger partial charge in [-0.1, -0.05) is 38.2 Å². The van der Waals surface area contributed by atoms with Crippen molar-refractivity contribution in [1.29, 1.82) is 0 Å². The summed E-state index contributed by atoms with van der Waals surface area (Å²) in [5, 5.41) is 54.4. The van der Waals surface area contributed by atoms with E-state index in [9.17, 15) is 25.5 Å². The molecule has 2 fully saturated rings. The minimum Gasteiger partial charge on any atom is -0.504 e. The lowest BCUT2D eigenvalue weighted by Gasteiger charge is -2.33. The summed E-state index contributed by atoms with van der Waals surface area (Å²) in [4.78, 5) is 3.53. The van der Waals surface area contributed by atoms with Crippen LogP contribution in [0.5, 0.6) is 11.5 Å². The Bertz CT molecular complexity index is 1570. The Balaban J connectivity index is 0.994. The fraction of sp³-hybridized carbons (Fsp3) is 0.674. The number of H-pyrrole nitrogens is 1. The van der Waals surface area contributed by atoms with Crippen LogP contribution in [0.3, 0.4) is 0 Å². The van der Waals surface area contributed by atoms with Crippen LogP contribution in [0.25, 0.3) is 0 Å². The summed E-state index contributed by atoms with van der Waals surface area (Å²) in [6.45, 7) is 3.37. The molecular formula is C43H65N3O7. The van der Waals surface area contributed by atoms with Crippen LogP contribution >= 0.6 is 0 Å². The largest absolute Gasteiger partial charge is 0.504 e. The molecule has 0 unspecified atom stereocenters. The van der Waals surface area contributed by atoms with Crippen molar-refractivity contribution in [3.05, 3.63) is 69.9 Å². The van der Waals surface area contributed by atoms with E-state index in [2.05, 4.69) is 16.4 Å². The Morgan fingerprint density at radius 1 is 1.00 bits per heavy atom. The van der Waals surface area contributed by atoms with Gasteiger partial charge in [0.25, 0.3) is 0 Å². The average molecular weight is 736 g/mol. The zero-order chi connectivity index (χ0) is 37.3. The third kappa shape index (κ3) is 10.5. The standard InChI is InChI=1S/C43H65N3O7/c1-27(49)23-45-24-36-34-7-4-6-30(34)13-15-38-35(36)22-39(46-38)41(51)26-52-43-20-29(11-16-40(43)50)10-14-33-21-32(25-48)42(53-33)8-3-2-5-28-9-12-31(17-18-47)37(44)19-28/h11,16,20-22,27-28,30-31,34,36-37,41,45-51H,2-10,12-15,17-19,23-26,44H2,1H3/t27-,28+,30+,31-,34-,36-,37+,41-/m0/s1. The van der Waals surface area contributed by atoms with Gasteiger partial charge in [-0.2, -0.15) is 0 Å². The lowest BCUT2D eigenvalue weighted by Crippen LogP contribution is -2.37. The number of hydrogen-bond acceptors (Lipinski definition) is 9. The van der Waals surface area contributed by atoms with Gasteiger partial charge in [0, 0.05) is 61.4 Å². The van der Waals surface area contributed by atoms with E-state index in [0.29, 0.717) is 48.8 Å². The normalized spacial score (nSPS) is 25.5. The van der Waals surface area contributed by atoms with Crippen molar-refractivity contribution in [2.45, 2.75) is 134 Å². The Labute approximate surface area is 315 Å². The van der Waals surface area contributed by atoms with Gasteiger partial charge < -0.3 is 50.7 Å². The summed E-state index contributed by atoms with van der Waals surface area (Å²) in [6, 6.07) is 9.62. The Kier molecular flexibility index (Phi) is 14.4. The molecule has 0 radical (unpaired) electrons. The number of hydrogen-bond donors (Lipinski definition) is 8. The molecule has 2 saturated carbocycles. The maximum Gasteiger partial charge on any atom is 0.161 e. The zero-order valence-electron chi connectivity index (χ0n) is 31.8. The minimum atomic E-state index is -0.877. The molecule has 0 bridgehead atoms. The first-order valence-electron chi connectivity index (χ1n) is 20.5. The number of aromatic nitrogens is 1. The SMILES string of the molecule is C[C@H](O)CNC[C@@H]1c2cc([C@@H](O)COc3cc(CCc4cc(CO)c(CCCC[C@@H]5CC[C@@H](CCO)[C@H](N)C5)o4)ccc3O)[nH]c2CC[C@H]2CCC[C@@H]21. The summed E-state index contributed by atoms with van der Waals surface area (Å²) in [6.07, 6.45) is 14.2. The molecule has 10 nitrogen and oxygen atoms in total. The highest BCUT2D eigenvalue weighted by Crippen LogP contribution is 2.47. The van der Waals surface area contributed by atoms with Crippen molar-refractivity contribution in [2.75, 3.05) is 26.3 Å². The van der Waals surface area contributed by atoms with E-state index < -0.39 is 12.2 Å². The minimum absolute atomic E-state index is 0.00654. The molecule has 0 spiro atoms. The van der Waals surface area contributed by atoms with Crippen LogP contribution in [0.4, 0.5) is 0 Å². The van der Waals surface area contributed by atoms with E-state index in [-0.39, 0.29) is 31.6 Å². The molecule has 53 heavy (non-hydrogen) atoms. The topological polar surface area (TPSA) is 177 Å². The number of aliphatic hydroxyl groups excluding tert-OH is 4. The van der Waals surface area contributed by atoms with Gasteiger partial charge in [-0.05, 0) is 117 Å². The predicted octanol–water partition coefficient (Wildman–Crippen LogP) is 5.96. The van der Waals surface area contributed by atoms with Gasteiger partial charge in [-0.25, -0.2) is 0 Å². The second kappa shape index (κ2) is 19.1. The highest BCUT2D eigenvalue weighted by molar-refractivity contribution is 5.42. The number of fused-ring (bicyclic) bond motifs is 2. The number of nitrogens with two attached hydrogens (primary N) is 1. The molecule has 1 aromatic carbocycles. The van der Waals surface area contributed by atoms with E-state index >= 15 is 0 Å². The van der Waals surface area contributed by atoms with Crippen LogP contribution in [0.1, 0.15) is 129 Å². The number of phenolic OH excluding ortho intramolecular Hbond substituents is 1. The molecule has 8 atom stereocenters. The number of aromatic hydroxyl groups is 1. The van der Waals surface area contributed by atoms with Crippen molar-refractivity contribution >= 4 is 0 Å². The van der Waals surface area contributed by atoms with Crippen LogP contribution in [0.2, 0.25) is 0 Å². The third-order valence-corrected chi connectivity index (χ3v) is 12.6. The van der Waals surface area contributed by atoms with Crippen molar-refractivity contribution < 1.29 is 34.7 Å². The molecule has 3 aliphatic carbocycles. The van der Waals surface area contributed by atoms with Crippen molar-refractivity contribution in [2.24, 2.45) is 29.4 Å². The van der Waals surface area contributed by atoms with Gasteiger partial charge in [0.1, 0.15) is 24.2 Å². The quantitative estimate of drug-likeness (QED) is 0.0691. The molecule has 294 valence electrons. The molecular weight excluding hydrogens is 670 g/mol. The number of phenols is 1. The molecule has 3 aromatic rings. The molecule has 2 aromatic heterocycles. The Morgan fingerprint density at radius 2 is 1.87 bits per heavy atom. The van der Waals surface area contributed by atoms with Crippen LogP contribution in [-0.4, -0.2) is 69.0 Å². The van der Waals surface area contributed by atoms with Crippen molar-refractivity contribution in [1.82, 2.24) is 10.3 Å². The number of aryl methyl sites for hydroxylation is 4. The summed E-state index contributed by atoms with van der Waals surface area (Å²) < 4.78 is 12.2. The van der Waals surface area contributed by atoms with Gasteiger partial charge in [0.05, 0.1) is 12.7 Å². The second-order valence-electron chi connectivity index (χ2n) is 16.5. The van der Waals surface area contributed by atoms with Gasteiger partial charge >= 0.3 is 0 Å². The van der Waals surface area contributed by atoms with Crippen LogP contribution < -0.4 is 15.8 Å². The molecule has 9 N–H and O–H groups in total. The fourth-order valence-corrected chi connectivity index (χ4v) is 9.69. The molecule has 10 heteroatoms. The highest BCUT2D eigenvalue weighted by Gasteiger charge is 2.38. The Morgan fingerprint density at radius 3 is 2.66 bits per heavy atom. The monoisotopic (exact) mass is 735 g/mol. The molecule has 3 aliphatic rings. The highest BCUT2D eigenvalue weighted by atomic mass is 16.5. The van der Waals surface area contributed by atoms with E-state index in [4.69, 9.17) is 14.9 Å². The van der Waals surface area contributed by atoms with Gasteiger partial charge in [0.15, 0.2) is 11.5 Å². The van der Waals surface area contributed by atoms with Crippen molar-refractivity contribution in [3.63, 3.8) is 0 Å². The van der Waals surface area contributed by atoms with Crippen molar-refractivity contribution in [3.8, 4) is 11.5 Å².